The topological polar surface area (TPSA) is 63.6 Å². The van der Waals surface area contributed by atoms with E-state index >= 15 is 0 Å². The maximum absolute atomic E-state index is 12.0. The first-order valence-electron chi connectivity index (χ1n) is 6.44. The van der Waals surface area contributed by atoms with E-state index in [9.17, 15) is 13.5 Å². The van der Waals surface area contributed by atoms with Gasteiger partial charge in [0.05, 0.1) is 4.90 Å². The van der Waals surface area contributed by atoms with Crippen molar-refractivity contribution in [2.75, 3.05) is 6.61 Å². The lowest BCUT2D eigenvalue weighted by Gasteiger charge is -2.08. The van der Waals surface area contributed by atoms with E-state index in [0.717, 1.165) is 5.56 Å². The van der Waals surface area contributed by atoms with Crippen molar-refractivity contribution in [1.82, 2.24) is 0 Å². The quantitative estimate of drug-likeness (QED) is 0.947. The molecule has 0 spiro atoms. The average molecular weight is 302 g/mol. The molecule has 21 heavy (non-hydrogen) atoms. The molecule has 3 rings (SSSR count). The first kappa shape index (κ1) is 13.7. The summed E-state index contributed by atoms with van der Waals surface area (Å²) in [5.74, 6) is 0.717. The van der Waals surface area contributed by atoms with Crippen molar-refractivity contribution in [3.8, 4) is 11.5 Å². The predicted octanol–water partition coefficient (Wildman–Crippen LogP) is 2.91. The van der Waals surface area contributed by atoms with E-state index in [2.05, 4.69) is 0 Å². The van der Waals surface area contributed by atoms with Crippen LogP contribution in [0.25, 0.3) is 5.57 Å². The van der Waals surface area contributed by atoms with E-state index in [-0.39, 0.29) is 17.3 Å². The standard InChI is InChI=1S/C16H14O4S/c1-11-3-2-4-14(7-11)20-9-12-10-21(18,19)16-6-5-13(17)8-15(12)16/h2-8,10,17H,9H2,1H3. The number of rotatable bonds is 3. The smallest absolute Gasteiger partial charge is 0.200 e. The van der Waals surface area contributed by atoms with Gasteiger partial charge < -0.3 is 9.84 Å². The first-order valence-corrected chi connectivity index (χ1v) is 7.99. The van der Waals surface area contributed by atoms with Crippen molar-refractivity contribution in [1.29, 1.82) is 0 Å². The Morgan fingerprint density at radius 1 is 1.14 bits per heavy atom. The lowest BCUT2D eigenvalue weighted by atomic mass is 10.1. The molecule has 0 unspecified atom stereocenters. The van der Waals surface area contributed by atoms with Crippen LogP contribution in [0.3, 0.4) is 0 Å². The van der Waals surface area contributed by atoms with Crippen LogP contribution in [0, 0.1) is 6.92 Å². The zero-order valence-electron chi connectivity index (χ0n) is 11.4. The Hall–Kier alpha value is -2.27. The van der Waals surface area contributed by atoms with E-state index in [1.165, 1.54) is 23.6 Å². The molecular formula is C16H14O4S. The van der Waals surface area contributed by atoms with Crippen molar-refractivity contribution in [3.63, 3.8) is 0 Å². The van der Waals surface area contributed by atoms with Gasteiger partial charge in [-0.25, -0.2) is 8.42 Å². The van der Waals surface area contributed by atoms with Crippen LogP contribution in [-0.2, 0) is 9.84 Å². The minimum Gasteiger partial charge on any atom is -0.508 e. The molecule has 0 bridgehead atoms. The van der Waals surface area contributed by atoms with Gasteiger partial charge in [0.1, 0.15) is 18.1 Å². The summed E-state index contributed by atoms with van der Waals surface area (Å²) < 4.78 is 29.7. The van der Waals surface area contributed by atoms with Gasteiger partial charge >= 0.3 is 0 Å². The van der Waals surface area contributed by atoms with E-state index in [0.29, 0.717) is 16.9 Å². The maximum atomic E-state index is 12.0. The zero-order chi connectivity index (χ0) is 15.0. The monoisotopic (exact) mass is 302 g/mol. The van der Waals surface area contributed by atoms with Gasteiger partial charge in [-0.15, -0.1) is 0 Å². The number of aromatic hydroxyl groups is 1. The number of phenols is 1. The molecule has 5 heteroatoms. The van der Waals surface area contributed by atoms with Crippen molar-refractivity contribution in [2.45, 2.75) is 11.8 Å². The minimum absolute atomic E-state index is 0.0345. The third-order valence-electron chi connectivity index (χ3n) is 3.30. The molecule has 0 aliphatic carbocycles. The molecule has 0 atom stereocenters. The van der Waals surface area contributed by atoms with E-state index in [4.69, 9.17) is 4.74 Å². The second kappa shape index (κ2) is 4.93. The molecule has 1 heterocycles. The number of sulfone groups is 1. The molecule has 2 aromatic rings. The molecule has 1 aliphatic rings. The first-order chi connectivity index (χ1) is 9.95. The average Bonchev–Trinajstić information content (AvgIpc) is 2.67. The Morgan fingerprint density at radius 3 is 2.71 bits per heavy atom. The largest absolute Gasteiger partial charge is 0.508 e. The molecule has 4 nitrogen and oxygen atoms in total. The van der Waals surface area contributed by atoms with Gasteiger partial charge in [-0.2, -0.15) is 0 Å². The van der Waals surface area contributed by atoms with Crippen LogP contribution in [-0.4, -0.2) is 20.1 Å². The summed E-state index contributed by atoms with van der Waals surface area (Å²) in [4.78, 5) is 0.211. The Bertz CT molecular complexity index is 835. The van der Waals surface area contributed by atoms with Crippen LogP contribution >= 0.6 is 0 Å². The molecule has 0 saturated heterocycles. The summed E-state index contributed by atoms with van der Waals surface area (Å²) in [7, 11) is -3.44. The van der Waals surface area contributed by atoms with Crippen LogP contribution in [0.15, 0.2) is 52.8 Å². The molecule has 0 aromatic heterocycles. The van der Waals surface area contributed by atoms with Crippen LogP contribution in [0.4, 0.5) is 0 Å². The van der Waals surface area contributed by atoms with Gasteiger partial charge in [-0.1, -0.05) is 12.1 Å². The number of benzene rings is 2. The van der Waals surface area contributed by atoms with Gasteiger partial charge in [0.2, 0.25) is 9.84 Å². The molecule has 2 aromatic carbocycles. The van der Waals surface area contributed by atoms with Crippen LogP contribution in [0.5, 0.6) is 11.5 Å². The van der Waals surface area contributed by atoms with Crippen molar-refractivity contribution >= 4 is 15.4 Å². The second-order valence-electron chi connectivity index (χ2n) is 4.97. The Morgan fingerprint density at radius 2 is 1.95 bits per heavy atom. The number of hydrogen-bond donors (Lipinski definition) is 1. The number of ether oxygens (including phenoxy) is 1. The summed E-state index contributed by atoms with van der Waals surface area (Å²) >= 11 is 0. The van der Waals surface area contributed by atoms with E-state index < -0.39 is 9.84 Å². The Balaban J connectivity index is 1.89. The molecular weight excluding hydrogens is 288 g/mol. The fourth-order valence-corrected chi connectivity index (χ4v) is 3.76. The fourth-order valence-electron chi connectivity index (χ4n) is 2.31. The summed E-state index contributed by atoms with van der Waals surface area (Å²) in [6.07, 6.45) is 0. The number of phenolic OH excluding ortho intramolecular Hbond substituents is 1. The molecule has 1 aliphatic heterocycles. The third-order valence-corrected chi connectivity index (χ3v) is 4.86. The normalized spacial score (nSPS) is 15.4. The highest BCUT2D eigenvalue weighted by atomic mass is 32.2. The van der Waals surface area contributed by atoms with Crippen molar-refractivity contribution in [3.05, 3.63) is 59.0 Å². The fraction of sp³-hybridized carbons (Fsp3) is 0.125. The van der Waals surface area contributed by atoms with Crippen LogP contribution < -0.4 is 4.74 Å². The van der Waals surface area contributed by atoms with Crippen molar-refractivity contribution in [2.24, 2.45) is 0 Å². The molecule has 108 valence electrons. The van der Waals surface area contributed by atoms with E-state index in [1.807, 2.05) is 31.2 Å². The van der Waals surface area contributed by atoms with Crippen molar-refractivity contribution < 1.29 is 18.3 Å². The predicted molar refractivity (Wildman–Crippen MR) is 79.9 cm³/mol. The Labute approximate surface area is 123 Å². The number of hydrogen-bond acceptors (Lipinski definition) is 4. The summed E-state index contributed by atoms with van der Waals surface area (Å²) in [5.41, 5.74) is 2.11. The lowest BCUT2D eigenvalue weighted by molar-refractivity contribution is 0.369. The Kier molecular flexibility index (Phi) is 3.22. The highest BCUT2D eigenvalue weighted by Crippen LogP contribution is 2.35. The number of aryl methyl sites for hydroxylation is 1. The second-order valence-corrected chi connectivity index (χ2v) is 6.74. The van der Waals surface area contributed by atoms with Gasteiger partial charge in [0, 0.05) is 16.5 Å². The number of fused-ring (bicyclic) bond motifs is 1. The summed E-state index contributed by atoms with van der Waals surface area (Å²) in [5, 5.41) is 10.7. The molecule has 0 saturated carbocycles. The zero-order valence-corrected chi connectivity index (χ0v) is 12.2. The lowest BCUT2D eigenvalue weighted by Crippen LogP contribution is -1.99. The molecule has 0 radical (unpaired) electrons. The molecule has 1 N–H and O–H groups in total. The highest BCUT2D eigenvalue weighted by molar-refractivity contribution is 7.95. The van der Waals surface area contributed by atoms with Gasteiger partial charge in [0.25, 0.3) is 0 Å². The van der Waals surface area contributed by atoms with Crippen LogP contribution in [0.1, 0.15) is 11.1 Å². The summed E-state index contributed by atoms with van der Waals surface area (Å²) in [6, 6.07) is 11.8. The maximum Gasteiger partial charge on any atom is 0.200 e. The highest BCUT2D eigenvalue weighted by Gasteiger charge is 2.27. The van der Waals surface area contributed by atoms with Gasteiger partial charge in [-0.05, 0) is 42.8 Å². The third kappa shape index (κ3) is 2.64. The molecule has 0 fully saturated rings. The van der Waals surface area contributed by atoms with E-state index in [1.54, 1.807) is 0 Å². The molecule has 0 amide bonds. The SMILES string of the molecule is Cc1cccc(OCC2=CS(=O)(=O)c3ccc(O)cc32)c1. The summed E-state index contributed by atoms with van der Waals surface area (Å²) in [6.45, 7) is 2.10. The van der Waals surface area contributed by atoms with Crippen LogP contribution in [0.2, 0.25) is 0 Å². The minimum atomic E-state index is -3.44. The van der Waals surface area contributed by atoms with Gasteiger partial charge in [0.15, 0.2) is 0 Å². The van der Waals surface area contributed by atoms with Gasteiger partial charge in [-0.3, -0.25) is 0 Å².